The van der Waals surface area contributed by atoms with Gasteiger partial charge >= 0.3 is 0 Å². The molecule has 0 bridgehead atoms. The molecule has 3 nitrogen and oxygen atoms in total. The van der Waals surface area contributed by atoms with Gasteiger partial charge in [-0.05, 0) is 40.4 Å². The highest BCUT2D eigenvalue weighted by Gasteiger charge is 2.50. The monoisotopic (exact) mass is 213 g/mol. The van der Waals surface area contributed by atoms with Gasteiger partial charge in [-0.3, -0.25) is 4.90 Å². The average Bonchev–Trinajstić information content (AvgIpc) is 2.21. The van der Waals surface area contributed by atoms with E-state index in [2.05, 4.69) is 38.3 Å². The van der Waals surface area contributed by atoms with Gasteiger partial charge < -0.3 is 11.1 Å². The molecule has 1 saturated carbocycles. The molecule has 0 saturated heterocycles. The van der Waals surface area contributed by atoms with Crippen LogP contribution in [0, 0.1) is 0 Å². The molecular weight excluding hydrogens is 186 g/mol. The zero-order valence-corrected chi connectivity index (χ0v) is 10.8. The molecule has 0 amide bonds. The van der Waals surface area contributed by atoms with E-state index < -0.39 is 0 Å². The first-order valence-corrected chi connectivity index (χ1v) is 6.17. The molecule has 1 aliphatic rings. The van der Waals surface area contributed by atoms with Crippen molar-refractivity contribution in [2.75, 3.05) is 21.1 Å². The van der Waals surface area contributed by atoms with E-state index in [1.807, 2.05) is 0 Å². The molecule has 0 aromatic heterocycles. The van der Waals surface area contributed by atoms with E-state index >= 15 is 0 Å². The largest absolute Gasteiger partial charge is 0.312 e. The van der Waals surface area contributed by atoms with Gasteiger partial charge in [-0.15, -0.1) is 0 Å². The van der Waals surface area contributed by atoms with E-state index in [4.69, 9.17) is 5.73 Å². The Kier molecular flexibility index (Phi) is 4.15. The van der Waals surface area contributed by atoms with Crippen LogP contribution in [-0.4, -0.2) is 37.2 Å². The highest BCUT2D eigenvalue weighted by Crippen LogP contribution is 2.39. The SMILES string of the molecule is CCCC1(NC)CCCCC1(N)N(C)C. The Balaban J connectivity index is 2.97. The Labute approximate surface area is 94.4 Å². The van der Waals surface area contributed by atoms with Crippen molar-refractivity contribution in [3.63, 3.8) is 0 Å². The van der Waals surface area contributed by atoms with Crippen molar-refractivity contribution in [3.05, 3.63) is 0 Å². The van der Waals surface area contributed by atoms with Crippen molar-refractivity contribution < 1.29 is 0 Å². The summed E-state index contributed by atoms with van der Waals surface area (Å²) in [6.07, 6.45) is 7.20. The minimum Gasteiger partial charge on any atom is -0.312 e. The lowest BCUT2D eigenvalue weighted by molar-refractivity contribution is -0.00560. The van der Waals surface area contributed by atoms with E-state index in [1.54, 1.807) is 0 Å². The van der Waals surface area contributed by atoms with E-state index in [1.165, 1.54) is 25.7 Å². The second kappa shape index (κ2) is 4.81. The number of rotatable bonds is 4. The number of nitrogens with zero attached hydrogens (tertiary/aromatic N) is 1. The summed E-state index contributed by atoms with van der Waals surface area (Å²) in [6, 6.07) is 0. The molecule has 3 N–H and O–H groups in total. The number of likely N-dealkylation sites (N-methyl/N-ethyl adjacent to an activating group) is 2. The van der Waals surface area contributed by atoms with Gasteiger partial charge in [-0.1, -0.05) is 26.2 Å². The van der Waals surface area contributed by atoms with Crippen molar-refractivity contribution in [2.45, 2.75) is 56.7 Å². The molecule has 15 heavy (non-hydrogen) atoms. The predicted molar refractivity (Wildman–Crippen MR) is 65.8 cm³/mol. The van der Waals surface area contributed by atoms with Crippen LogP contribution in [0.3, 0.4) is 0 Å². The fourth-order valence-electron chi connectivity index (χ4n) is 3.16. The molecule has 0 spiro atoms. The van der Waals surface area contributed by atoms with Gasteiger partial charge in [0.25, 0.3) is 0 Å². The van der Waals surface area contributed by atoms with Crippen LogP contribution in [-0.2, 0) is 0 Å². The van der Waals surface area contributed by atoms with Crippen molar-refractivity contribution in [1.29, 1.82) is 0 Å². The molecule has 1 fully saturated rings. The van der Waals surface area contributed by atoms with Gasteiger partial charge in [-0.25, -0.2) is 0 Å². The number of nitrogens with one attached hydrogen (secondary N) is 1. The fraction of sp³-hybridized carbons (Fsp3) is 1.00. The van der Waals surface area contributed by atoms with Crippen LogP contribution in [0.15, 0.2) is 0 Å². The van der Waals surface area contributed by atoms with E-state index in [9.17, 15) is 0 Å². The zero-order valence-electron chi connectivity index (χ0n) is 10.8. The van der Waals surface area contributed by atoms with Crippen molar-refractivity contribution in [2.24, 2.45) is 5.73 Å². The molecule has 1 rings (SSSR count). The summed E-state index contributed by atoms with van der Waals surface area (Å²) in [7, 11) is 6.27. The zero-order chi connectivity index (χ0) is 11.5. The molecule has 0 radical (unpaired) electrons. The standard InChI is InChI=1S/C12H27N3/c1-5-8-11(14-2)9-6-7-10-12(11,13)15(3)4/h14H,5-10,13H2,1-4H3. The number of hydrogen-bond donors (Lipinski definition) is 2. The first-order valence-electron chi connectivity index (χ1n) is 6.17. The fourth-order valence-corrected chi connectivity index (χ4v) is 3.16. The smallest absolute Gasteiger partial charge is 0.0869 e. The third kappa shape index (κ3) is 2.05. The third-order valence-corrected chi connectivity index (χ3v) is 4.19. The molecule has 0 aromatic rings. The number of nitrogens with two attached hydrogens (primary N) is 1. The highest BCUT2D eigenvalue weighted by molar-refractivity contribution is 5.08. The lowest BCUT2D eigenvalue weighted by Crippen LogP contribution is -2.74. The molecule has 2 unspecified atom stereocenters. The molecular formula is C12H27N3. The van der Waals surface area contributed by atoms with Crippen LogP contribution < -0.4 is 11.1 Å². The van der Waals surface area contributed by atoms with Gasteiger partial charge in [0.05, 0.1) is 5.66 Å². The first kappa shape index (κ1) is 12.9. The molecule has 1 aliphatic carbocycles. The maximum Gasteiger partial charge on any atom is 0.0869 e. The average molecular weight is 213 g/mol. The summed E-state index contributed by atoms with van der Waals surface area (Å²) in [5.41, 5.74) is 6.56. The Morgan fingerprint density at radius 2 is 1.87 bits per heavy atom. The number of hydrogen-bond acceptors (Lipinski definition) is 3. The van der Waals surface area contributed by atoms with Gasteiger partial charge in [0.15, 0.2) is 0 Å². The predicted octanol–water partition coefficient (Wildman–Crippen LogP) is 1.54. The van der Waals surface area contributed by atoms with Crippen LogP contribution in [0.1, 0.15) is 45.4 Å². The van der Waals surface area contributed by atoms with Crippen LogP contribution >= 0.6 is 0 Å². The third-order valence-electron chi connectivity index (χ3n) is 4.19. The normalized spacial score (nSPS) is 37.2. The minimum absolute atomic E-state index is 0.101. The topological polar surface area (TPSA) is 41.3 Å². The second-order valence-electron chi connectivity index (χ2n) is 5.11. The Bertz CT molecular complexity index is 201. The summed E-state index contributed by atoms with van der Waals surface area (Å²) < 4.78 is 0. The molecule has 3 heteroatoms. The van der Waals surface area contributed by atoms with Crippen LogP contribution in [0.25, 0.3) is 0 Å². The highest BCUT2D eigenvalue weighted by atomic mass is 15.3. The van der Waals surface area contributed by atoms with E-state index in [0.717, 1.165) is 12.8 Å². The summed E-state index contributed by atoms with van der Waals surface area (Å²) in [6.45, 7) is 2.24. The molecule has 2 atom stereocenters. The first-order chi connectivity index (χ1) is 7.02. The quantitative estimate of drug-likeness (QED) is 0.696. The van der Waals surface area contributed by atoms with Gasteiger partial charge in [0.2, 0.25) is 0 Å². The second-order valence-corrected chi connectivity index (χ2v) is 5.11. The van der Waals surface area contributed by atoms with Gasteiger partial charge in [-0.2, -0.15) is 0 Å². The Hall–Kier alpha value is -0.120. The summed E-state index contributed by atoms with van der Waals surface area (Å²) in [4.78, 5) is 2.21. The molecule has 90 valence electrons. The van der Waals surface area contributed by atoms with Crippen molar-refractivity contribution >= 4 is 0 Å². The van der Waals surface area contributed by atoms with Crippen LogP contribution in [0.4, 0.5) is 0 Å². The summed E-state index contributed by atoms with van der Waals surface area (Å²) in [5.74, 6) is 0. The summed E-state index contributed by atoms with van der Waals surface area (Å²) in [5, 5.41) is 3.52. The van der Waals surface area contributed by atoms with E-state index in [0.29, 0.717) is 0 Å². The van der Waals surface area contributed by atoms with Crippen molar-refractivity contribution in [1.82, 2.24) is 10.2 Å². The molecule has 0 aliphatic heterocycles. The lowest BCUT2D eigenvalue weighted by Gasteiger charge is -2.55. The van der Waals surface area contributed by atoms with Gasteiger partial charge in [0.1, 0.15) is 0 Å². The maximum absolute atomic E-state index is 6.64. The maximum atomic E-state index is 6.64. The minimum atomic E-state index is -0.185. The van der Waals surface area contributed by atoms with Crippen LogP contribution in [0.2, 0.25) is 0 Å². The van der Waals surface area contributed by atoms with E-state index in [-0.39, 0.29) is 11.2 Å². The van der Waals surface area contributed by atoms with Gasteiger partial charge in [0, 0.05) is 5.54 Å². The Morgan fingerprint density at radius 1 is 1.27 bits per heavy atom. The molecule has 0 heterocycles. The Morgan fingerprint density at radius 3 is 2.33 bits per heavy atom. The summed E-state index contributed by atoms with van der Waals surface area (Å²) >= 11 is 0. The van der Waals surface area contributed by atoms with Crippen LogP contribution in [0.5, 0.6) is 0 Å². The molecule has 0 aromatic carbocycles. The lowest BCUT2D eigenvalue weighted by atomic mass is 9.69. The van der Waals surface area contributed by atoms with Crippen molar-refractivity contribution in [3.8, 4) is 0 Å².